The number of benzene rings is 2. The van der Waals surface area contributed by atoms with E-state index in [-0.39, 0.29) is 84.4 Å². The smallest absolute Gasteiger partial charge is 0.319 e. The third-order valence-electron chi connectivity index (χ3n) is 9.96. The number of hydrogen-bond acceptors (Lipinski definition) is 10. The van der Waals surface area contributed by atoms with Crippen LogP contribution in [0.1, 0.15) is 31.2 Å². The molecule has 1 unspecified atom stereocenters. The lowest BCUT2D eigenvalue weighted by molar-refractivity contribution is -0.131. The van der Waals surface area contributed by atoms with Gasteiger partial charge in [0, 0.05) is 44.1 Å². The Morgan fingerprint density at radius 2 is 2.06 bits per heavy atom. The molecule has 0 aliphatic carbocycles. The minimum atomic E-state index is -0.971. The summed E-state index contributed by atoms with van der Waals surface area (Å²) in [6.45, 7) is 2.01. The van der Waals surface area contributed by atoms with E-state index in [1.807, 2.05) is 6.07 Å². The molecule has 4 aromatic rings. The summed E-state index contributed by atoms with van der Waals surface area (Å²) in [5, 5.41) is 10.1. The number of alkyl halides is 1. The lowest BCUT2D eigenvalue weighted by Gasteiger charge is -2.31. The molecule has 8 rings (SSSR count). The van der Waals surface area contributed by atoms with Crippen LogP contribution in [0.3, 0.4) is 0 Å². The van der Waals surface area contributed by atoms with Crippen LogP contribution in [0.25, 0.3) is 32.1 Å². The van der Waals surface area contributed by atoms with Crippen molar-refractivity contribution in [2.45, 2.75) is 43.4 Å². The molecular formula is C32H29ClF3N7O3S. The zero-order chi connectivity index (χ0) is 32.8. The fourth-order valence-electron chi connectivity index (χ4n) is 7.74. The number of hydrogen-bond donors (Lipinski definition) is 1. The number of carbonyl (C=O) groups is 1. The van der Waals surface area contributed by atoms with Crippen LogP contribution in [0.4, 0.5) is 24.0 Å². The fraction of sp³-hybridized carbons (Fsp3) is 0.438. The average Bonchev–Trinajstić information content (AvgIpc) is 3.62. The summed E-state index contributed by atoms with van der Waals surface area (Å²) < 4.78 is 59.2. The summed E-state index contributed by atoms with van der Waals surface area (Å²) in [5.41, 5.74) is 5.35. The Hall–Kier alpha value is -4.06. The third-order valence-corrected chi connectivity index (χ3v) is 11.3. The quantitative estimate of drug-likeness (QED) is 0.306. The molecule has 1 amide bonds. The fourth-order valence-corrected chi connectivity index (χ4v) is 9.03. The van der Waals surface area contributed by atoms with Crippen molar-refractivity contribution in [1.82, 2.24) is 19.8 Å². The van der Waals surface area contributed by atoms with Crippen LogP contribution in [0, 0.1) is 23.0 Å². The van der Waals surface area contributed by atoms with Gasteiger partial charge in [-0.25, -0.2) is 13.2 Å². The summed E-state index contributed by atoms with van der Waals surface area (Å²) in [6.07, 6.45) is 1.62. The maximum Gasteiger partial charge on any atom is 0.319 e. The topological polar surface area (TPSA) is 121 Å². The highest BCUT2D eigenvalue weighted by molar-refractivity contribution is 7.23. The number of amides is 1. The minimum Gasteiger partial charge on any atom is -0.488 e. The van der Waals surface area contributed by atoms with Gasteiger partial charge in [-0.15, -0.1) is 11.3 Å². The molecule has 2 N–H and O–H groups in total. The van der Waals surface area contributed by atoms with Crippen LogP contribution < -0.4 is 20.1 Å². The molecule has 2 aromatic heterocycles. The number of fused-ring (bicyclic) bond motifs is 4. The van der Waals surface area contributed by atoms with Gasteiger partial charge in [0.1, 0.15) is 53.6 Å². The van der Waals surface area contributed by atoms with Gasteiger partial charge < -0.3 is 25.0 Å². The lowest BCUT2D eigenvalue weighted by atomic mass is 9.95. The highest BCUT2D eigenvalue weighted by Gasteiger charge is 2.49. The van der Waals surface area contributed by atoms with Crippen molar-refractivity contribution in [2.24, 2.45) is 0 Å². The third kappa shape index (κ3) is 4.50. The van der Waals surface area contributed by atoms with Crippen LogP contribution in [-0.4, -0.2) is 89.9 Å². The number of ether oxygens (including phenoxy) is 2. The zero-order valence-electron chi connectivity index (χ0n) is 25.3. The Morgan fingerprint density at radius 3 is 2.87 bits per heavy atom. The Balaban J connectivity index is 1.36. The van der Waals surface area contributed by atoms with Gasteiger partial charge in [0.25, 0.3) is 0 Å². The first-order chi connectivity index (χ1) is 22.6. The first kappa shape index (κ1) is 30.3. The largest absolute Gasteiger partial charge is 0.488 e. The summed E-state index contributed by atoms with van der Waals surface area (Å²) in [6, 6.07) is 3.58. The van der Waals surface area contributed by atoms with E-state index in [4.69, 9.17) is 31.8 Å². The number of nitriles is 1. The number of rotatable bonds is 4. The maximum absolute atomic E-state index is 17.1. The number of nitrogens with two attached hydrogens (primary N) is 1. The first-order valence-corrected chi connectivity index (χ1v) is 16.6. The predicted molar refractivity (Wildman–Crippen MR) is 172 cm³/mol. The standard InChI is InChI=1S/C32H29ClF3N7O3S/c1-41-7-3-9-43-19(30(41)44)13-45-26-22-25(39-31(40-29(22)43)46-14-32-6-2-8-42(32)12-15(34)10-32)24(36)21(23(26)33)16-4-5-18(35)27-20(16)17(11-37)28(38)47-27/h4-5,15,19H,2-3,6-10,12-14,38H2,1H3/t15-,19?,32+/m1/s1. The van der Waals surface area contributed by atoms with Gasteiger partial charge >= 0.3 is 6.01 Å². The van der Waals surface area contributed by atoms with E-state index >= 15 is 4.39 Å². The Kier molecular flexibility index (Phi) is 7.09. The SMILES string of the molecule is CN1CCCN2c3nc(OC[C@@]45CCCN4C[C@H](F)C5)nc4c(F)c(-c5ccc(F)c6sc(N)c(C#N)c56)c(Cl)c(c34)OCC2C1=O. The predicted octanol–water partition coefficient (Wildman–Crippen LogP) is 5.28. The Labute approximate surface area is 276 Å². The van der Waals surface area contributed by atoms with E-state index in [0.717, 1.165) is 36.8 Å². The number of nitrogens with zero attached hydrogens (tertiary/aromatic N) is 6. The molecule has 244 valence electrons. The molecule has 47 heavy (non-hydrogen) atoms. The molecule has 3 saturated heterocycles. The molecule has 0 radical (unpaired) electrons. The van der Waals surface area contributed by atoms with Crippen molar-refractivity contribution < 1.29 is 27.4 Å². The molecule has 4 aliphatic heterocycles. The molecule has 3 fully saturated rings. The van der Waals surface area contributed by atoms with E-state index < -0.39 is 29.4 Å². The highest BCUT2D eigenvalue weighted by atomic mass is 35.5. The number of nitrogen functional groups attached to an aromatic ring is 1. The second-order valence-corrected chi connectivity index (χ2v) is 14.1. The second kappa shape index (κ2) is 11.0. The van der Waals surface area contributed by atoms with E-state index in [1.165, 1.54) is 6.07 Å². The van der Waals surface area contributed by atoms with Crippen LogP contribution >= 0.6 is 22.9 Å². The zero-order valence-corrected chi connectivity index (χ0v) is 26.9. The molecule has 6 heterocycles. The number of halogens is 4. The van der Waals surface area contributed by atoms with E-state index in [2.05, 4.69) is 9.88 Å². The van der Waals surface area contributed by atoms with Gasteiger partial charge in [-0.1, -0.05) is 17.7 Å². The van der Waals surface area contributed by atoms with Crippen LogP contribution in [0.15, 0.2) is 12.1 Å². The van der Waals surface area contributed by atoms with Crippen molar-refractivity contribution in [3.63, 3.8) is 0 Å². The van der Waals surface area contributed by atoms with Crippen molar-refractivity contribution in [1.29, 1.82) is 5.26 Å². The number of carbonyl (C=O) groups excluding carboxylic acids is 1. The first-order valence-electron chi connectivity index (χ1n) is 15.4. The summed E-state index contributed by atoms with van der Waals surface area (Å²) >= 11 is 7.88. The molecular weight excluding hydrogens is 655 g/mol. The number of anilines is 2. The number of likely N-dealkylation sites (N-methyl/N-ethyl adjacent to an activating group) is 1. The van der Waals surface area contributed by atoms with Gasteiger partial charge in [0.05, 0.1) is 26.2 Å². The van der Waals surface area contributed by atoms with Crippen molar-refractivity contribution >= 4 is 60.7 Å². The van der Waals surface area contributed by atoms with Crippen molar-refractivity contribution in [2.75, 3.05) is 57.1 Å². The van der Waals surface area contributed by atoms with Crippen LogP contribution in [-0.2, 0) is 4.79 Å². The van der Waals surface area contributed by atoms with Gasteiger partial charge in [-0.2, -0.15) is 15.2 Å². The second-order valence-electron chi connectivity index (χ2n) is 12.6. The van der Waals surface area contributed by atoms with Gasteiger partial charge in [0.15, 0.2) is 11.6 Å². The van der Waals surface area contributed by atoms with E-state index in [1.54, 1.807) is 16.8 Å². The molecule has 10 nitrogen and oxygen atoms in total. The van der Waals surface area contributed by atoms with Gasteiger partial charge in [-0.3, -0.25) is 9.69 Å². The molecule has 3 atom stereocenters. The Bertz CT molecular complexity index is 2040. The molecule has 15 heteroatoms. The number of thiophene rings is 1. The lowest BCUT2D eigenvalue weighted by Crippen LogP contribution is -2.48. The molecule has 0 bridgehead atoms. The summed E-state index contributed by atoms with van der Waals surface area (Å²) in [5.74, 6) is -1.40. The summed E-state index contributed by atoms with van der Waals surface area (Å²) in [7, 11) is 1.71. The highest BCUT2D eigenvalue weighted by Crippen LogP contribution is 2.51. The molecule has 2 aromatic carbocycles. The molecule has 0 saturated carbocycles. The molecule has 4 aliphatic rings. The maximum atomic E-state index is 17.1. The number of aromatic nitrogens is 2. The van der Waals surface area contributed by atoms with E-state index in [9.17, 15) is 18.8 Å². The van der Waals surface area contributed by atoms with Gasteiger partial charge in [0.2, 0.25) is 5.91 Å². The van der Waals surface area contributed by atoms with Crippen LogP contribution in [0.5, 0.6) is 11.8 Å². The van der Waals surface area contributed by atoms with Crippen molar-refractivity contribution in [3.8, 4) is 29.0 Å². The summed E-state index contributed by atoms with van der Waals surface area (Å²) in [4.78, 5) is 28.3. The van der Waals surface area contributed by atoms with Crippen LogP contribution in [0.2, 0.25) is 5.02 Å². The molecule has 0 spiro atoms. The van der Waals surface area contributed by atoms with Crippen molar-refractivity contribution in [3.05, 3.63) is 34.4 Å². The Morgan fingerprint density at radius 1 is 1.23 bits per heavy atom. The normalized spacial score (nSPS) is 24.2. The average molecular weight is 684 g/mol. The monoisotopic (exact) mass is 683 g/mol. The van der Waals surface area contributed by atoms with Gasteiger partial charge in [-0.05, 0) is 37.4 Å². The minimum absolute atomic E-state index is 0.000586. The van der Waals surface area contributed by atoms with E-state index in [0.29, 0.717) is 32.5 Å².